The first-order chi connectivity index (χ1) is 12.5. The summed E-state index contributed by atoms with van der Waals surface area (Å²) in [4.78, 5) is 31.5. The van der Waals surface area contributed by atoms with Crippen LogP contribution in [0.5, 0.6) is 0 Å². The van der Waals surface area contributed by atoms with Gasteiger partial charge in [0.2, 0.25) is 11.8 Å². The zero-order chi connectivity index (χ0) is 18.7. The number of rotatable bonds is 5. The quantitative estimate of drug-likeness (QED) is 0.795. The van der Waals surface area contributed by atoms with Crippen molar-refractivity contribution in [3.63, 3.8) is 0 Å². The fourth-order valence-corrected chi connectivity index (χ4v) is 5.16. The van der Waals surface area contributed by atoms with E-state index in [4.69, 9.17) is 5.73 Å². The molecular weight excluding hydrogens is 328 g/mol. The minimum Gasteiger partial charge on any atom is -0.339 e. The van der Waals surface area contributed by atoms with E-state index >= 15 is 0 Å². The molecule has 1 heterocycles. The maximum Gasteiger partial charge on any atom is 0.236 e. The molecule has 0 aromatic rings. The van der Waals surface area contributed by atoms with Crippen LogP contribution in [0.2, 0.25) is 0 Å². The van der Waals surface area contributed by atoms with Crippen LogP contribution in [0.25, 0.3) is 0 Å². The molecule has 2 amide bonds. The Balaban J connectivity index is 1.49. The van der Waals surface area contributed by atoms with Crippen molar-refractivity contribution in [2.24, 2.45) is 23.5 Å². The number of nitrogens with zero attached hydrogens (tertiary/aromatic N) is 3. The minimum atomic E-state index is 0.156. The number of hydrogen-bond donors (Lipinski definition) is 1. The summed E-state index contributed by atoms with van der Waals surface area (Å²) in [5, 5.41) is 0. The first-order valence-corrected chi connectivity index (χ1v) is 10.6. The van der Waals surface area contributed by atoms with Crippen LogP contribution in [0.1, 0.15) is 46.0 Å². The molecule has 1 saturated heterocycles. The Labute approximate surface area is 158 Å². The lowest BCUT2D eigenvalue weighted by Gasteiger charge is -2.45. The van der Waals surface area contributed by atoms with Gasteiger partial charge in [0.25, 0.3) is 0 Å². The van der Waals surface area contributed by atoms with E-state index in [9.17, 15) is 9.59 Å². The van der Waals surface area contributed by atoms with Crippen LogP contribution in [0.15, 0.2) is 0 Å². The van der Waals surface area contributed by atoms with Gasteiger partial charge in [-0.1, -0.05) is 20.3 Å². The van der Waals surface area contributed by atoms with E-state index in [1.165, 1.54) is 19.3 Å². The minimum absolute atomic E-state index is 0.156. The second kappa shape index (κ2) is 8.70. The van der Waals surface area contributed by atoms with E-state index in [0.717, 1.165) is 25.9 Å². The molecule has 1 aliphatic heterocycles. The van der Waals surface area contributed by atoms with Crippen molar-refractivity contribution in [2.45, 2.75) is 52.0 Å². The van der Waals surface area contributed by atoms with Crippen molar-refractivity contribution >= 4 is 11.8 Å². The average molecular weight is 365 g/mol. The van der Waals surface area contributed by atoms with E-state index in [-0.39, 0.29) is 11.8 Å². The molecule has 2 saturated carbocycles. The fraction of sp³-hybridized carbons (Fsp3) is 0.900. The molecule has 2 atom stereocenters. The van der Waals surface area contributed by atoms with Crippen molar-refractivity contribution in [3.8, 4) is 0 Å². The molecule has 3 rings (SSSR count). The molecule has 0 aromatic heterocycles. The third kappa shape index (κ3) is 4.22. The molecule has 6 nitrogen and oxygen atoms in total. The molecule has 2 bridgehead atoms. The largest absolute Gasteiger partial charge is 0.339 e. The van der Waals surface area contributed by atoms with Gasteiger partial charge in [-0.3, -0.25) is 14.5 Å². The van der Waals surface area contributed by atoms with Gasteiger partial charge >= 0.3 is 0 Å². The number of likely N-dealkylation sites (N-methyl/N-ethyl adjacent to an activating group) is 1. The first-order valence-electron chi connectivity index (χ1n) is 10.6. The van der Waals surface area contributed by atoms with Gasteiger partial charge in [0.15, 0.2) is 0 Å². The van der Waals surface area contributed by atoms with E-state index in [1.807, 2.05) is 9.80 Å². The Morgan fingerprint density at radius 2 is 1.50 bits per heavy atom. The summed E-state index contributed by atoms with van der Waals surface area (Å²) in [6.45, 7) is 9.15. The molecule has 0 radical (unpaired) electrons. The summed E-state index contributed by atoms with van der Waals surface area (Å²) in [5.74, 6) is 1.73. The van der Waals surface area contributed by atoms with Gasteiger partial charge in [-0.05, 0) is 50.6 Å². The number of carbonyl (C=O) groups excluding carboxylic acids is 2. The predicted molar refractivity (Wildman–Crippen MR) is 102 cm³/mol. The Morgan fingerprint density at radius 1 is 0.962 bits per heavy atom. The molecule has 2 unspecified atom stereocenters. The fourth-order valence-electron chi connectivity index (χ4n) is 5.16. The zero-order valence-electron chi connectivity index (χ0n) is 16.5. The Bertz CT molecular complexity index is 486. The number of hydrogen-bond acceptors (Lipinski definition) is 4. The van der Waals surface area contributed by atoms with Crippen molar-refractivity contribution in [2.75, 3.05) is 45.8 Å². The second-order valence-electron chi connectivity index (χ2n) is 8.36. The van der Waals surface area contributed by atoms with Gasteiger partial charge in [0.05, 0.1) is 6.54 Å². The van der Waals surface area contributed by atoms with Gasteiger partial charge in [-0.15, -0.1) is 0 Å². The molecule has 3 aliphatic rings. The number of piperazine rings is 1. The molecule has 3 fully saturated rings. The topological polar surface area (TPSA) is 69.9 Å². The lowest BCUT2D eigenvalue weighted by Crippen LogP contribution is -2.55. The van der Waals surface area contributed by atoms with Crippen molar-refractivity contribution in [1.29, 1.82) is 0 Å². The first kappa shape index (κ1) is 19.6. The number of amides is 2. The van der Waals surface area contributed by atoms with E-state index in [2.05, 4.69) is 18.7 Å². The summed E-state index contributed by atoms with van der Waals surface area (Å²) in [7, 11) is 0. The van der Waals surface area contributed by atoms with E-state index < -0.39 is 0 Å². The Morgan fingerprint density at radius 3 is 2.04 bits per heavy atom. The highest BCUT2D eigenvalue weighted by Crippen LogP contribution is 2.42. The highest BCUT2D eigenvalue weighted by molar-refractivity contribution is 5.81. The molecule has 26 heavy (non-hydrogen) atoms. The number of nitrogens with two attached hydrogens (primary N) is 1. The van der Waals surface area contributed by atoms with Gasteiger partial charge in [-0.25, -0.2) is 0 Å². The summed E-state index contributed by atoms with van der Waals surface area (Å²) >= 11 is 0. The van der Waals surface area contributed by atoms with Crippen LogP contribution in [-0.2, 0) is 9.59 Å². The number of carbonyl (C=O) groups is 2. The standard InChI is InChI=1S/C20H36N4O2/c1-3-22(4-2)14-18(25)23-8-10-24(11-9-23)20(26)17-12-15-6-5-7-16(13-17)19(15)21/h15-17,19H,3-14,21H2,1-2H3. The van der Waals surface area contributed by atoms with E-state index in [0.29, 0.717) is 56.5 Å². The van der Waals surface area contributed by atoms with Crippen LogP contribution in [0, 0.1) is 17.8 Å². The average Bonchev–Trinajstić information content (AvgIpc) is 2.65. The van der Waals surface area contributed by atoms with Crippen LogP contribution < -0.4 is 5.73 Å². The van der Waals surface area contributed by atoms with Crippen molar-refractivity contribution in [1.82, 2.24) is 14.7 Å². The normalized spacial score (nSPS) is 32.0. The maximum atomic E-state index is 13.0. The van der Waals surface area contributed by atoms with Gasteiger partial charge in [0.1, 0.15) is 0 Å². The van der Waals surface area contributed by atoms with Crippen LogP contribution >= 0.6 is 0 Å². The highest BCUT2D eigenvalue weighted by atomic mass is 16.2. The molecule has 0 aromatic carbocycles. The summed E-state index contributed by atoms with van der Waals surface area (Å²) in [5.41, 5.74) is 6.37. The lowest BCUT2D eigenvalue weighted by atomic mass is 9.65. The summed E-state index contributed by atoms with van der Waals surface area (Å²) < 4.78 is 0. The van der Waals surface area contributed by atoms with Gasteiger partial charge < -0.3 is 15.5 Å². The number of fused-ring (bicyclic) bond motifs is 2. The lowest BCUT2D eigenvalue weighted by molar-refractivity contribution is -0.144. The maximum absolute atomic E-state index is 13.0. The molecule has 6 heteroatoms. The molecule has 2 N–H and O–H groups in total. The van der Waals surface area contributed by atoms with Crippen molar-refractivity contribution in [3.05, 3.63) is 0 Å². The third-order valence-electron chi connectivity index (χ3n) is 6.96. The molecule has 0 spiro atoms. The van der Waals surface area contributed by atoms with E-state index in [1.54, 1.807) is 0 Å². The van der Waals surface area contributed by atoms with Crippen molar-refractivity contribution < 1.29 is 9.59 Å². The SMILES string of the molecule is CCN(CC)CC(=O)N1CCN(C(=O)C2CC3CCCC(C2)C3N)CC1. The highest BCUT2D eigenvalue weighted by Gasteiger charge is 2.42. The third-order valence-corrected chi connectivity index (χ3v) is 6.96. The summed E-state index contributed by atoms with van der Waals surface area (Å²) in [6, 6.07) is 0.308. The Kier molecular flexibility index (Phi) is 6.56. The smallest absolute Gasteiger partial charge is 0.236 e. The zero-order valence-corrected chi connectivity index (χ0v) is 16.5. The monoisotopic (exact) mass is 364 g/mol. The van der Waals surface area contributed by atoms with Gasteiger partial charge in [0, 0.05) is 38.1 Å². The second-order valence-corrected chi connectivity index (χ2v) is 8.36. The van der Waals surface area contributed by atoms with Crippen LogP contribution in [-0.4, -0.2) is 78.4 Å². The predicted octanol–water partition coefficient (Wildman–Crippen LogP) is 1.15. The molecular formula is C20H36N4O2. The summed E-state index contributed by atoms with van der Waals surface area (Å²) in [6.07, 6.45) is 5.59. The Hall–Kier alpha value is -1.14. The molecule has 2 aliphatic carbocycles. The van der Waals surface area contributed by atoms with Crippen LogP contribution in [0.3, 0.4) is 0 Å². The van der Waals surface area contributed by atoms with Gasteiger partial charge in [-0.2, -0.15) is 0 Å². The van der Waals surface area contributed by atoms with Crippen LogP contribution in [0.4, 0.5) is 0 Å². The molecule has 148 valence electrons.